The van der Waals surface area contributed by atoms with Crippen LogP contribution in [0.4, 0.5) is 5.69 Å². The molecule has 0 aliphatic carbocycles. The Kier molecular flexibility index (Phi) is 4.32. The molecule has 2 aliphatic heterocycles. The van der Waals surface area contributed by atoms with Gasteiger partial charge in [0, 0.05) is 30.9 Å². The maximum atomic E-state index is 12.5. The number of hydrogen-bond donors (Lipinski definition) is 1. The highest BCUT2D eigenvalue weighted by atomic mass is 16.5. The molecule has 1 N–H and O–H groups in total. The van der Waals surface area contributed by atoms with E-state index in [-0.39, 0.29) is 5.91 Å². The molecule has 0 saturated carbocycles. The first-order chi connectivity index (χ1) is 10.3. The Labute approximate surface area is 126 Å². The van der Waals surface area contributed by atoms with Crippen LogP contribution in [-0.2, 0) is 11.2 Å². The number of piperidine rings is 1. The van der Waals surface area contributed by atoms with Crippen molar-refractivity contribution < 1.29 is 9.53 Å². The Bertz CT molecular complexity index is 510. The van der Waals surface area contributed by atoms with Crippen LogP contribution in [-0.4, -0.2) is 36.5 Å². The molecule has 0 radical (unpaired) electrons. The van der Waals surface area contributed by atoms with Gasteiger partial charge in [0.05, 0.1) is 0 Å². The summed E-state index contributed by atoms with van der Waals surface area (Å²) in [5.41, 5.74) is 2.36. The van der Waals surface area contributed by atoms with Gasteiger partial charge in [-0.05, 0) is 51.2 Å². The summed E-state index contributed by atoms with van der Waals surface area (Å²) in [6, 6.07) is 6.05. The number of carbonyl (C=O) groups is 1. The number of likely N-dealkylation sites (tertiary alicyclic amines) is 1. The second-order valence-corrected chi connectivity index (χ2v) is 5.96. The van der Waals surface area contributed by atoms with E-state index in [4.69, 9.17) is 4.74 Å². The molecular weight excluding hydrogens is 264 g/mol. The lowest BCUT2D eigenvalue weighted by molar-refractivity contribution is -0.138. The van der Waals surface area contributed by atoms with Gasteiger partial charge in [-0.3, -0.25) is 4.79 Å². The normalized spacial score (nSPS) is 19.4. The highest BCUT2D eigenvalue weighted by Gasteiger charge is 2.24. The summed E-state index contributed by atoms with van der Waals surface area (Å²) in [7, 11) is 0. The Hall–Kier alpha value is -1.71. The number of rotatable bonds is 3. The minimum atomic E-state index is -0.406. The predicted octanol–water partition coefficient (Wildman–Crippen LogP) is 2.82. The SMILES string of the molecule is CC(Oc1cccc2c1CCCN2)C(=O)N1CCCCC1. The highest BCUT2D eigenvalue weighted by Crippen LogP contribution is 2.31. The molecule has 1 aromatic rings. The molecule has 2 aliphatic rings. The molecule has 4 nitrogen and oxygen atoms in total. The largest absolute Gasteiger partial charge is 0.481 e. The highest BCUT2D eigenvalue weighted by molar-refractivity contribution is 5.81. The van der Waals surface area contributed by atoms with Gasteiger partial charge in [-0.15, -0.1) is 0 Å². The van der Waals surface area contributed by atoms with Crippen LogP contribution < -0.4 is 10.1 Å². The zero-order valence-electron chi connectivity index (χ0n) is 12.7. The average molecular weight is 288 g/mol. The molecule has 1 atom stereocenters. The second kappa shape index (κ2) is 6.37. The smallest absolute Gasteiger partial charge is 0.263 e. The molecule has 1 saturated heterocycles. The summed E-state index contributed by atoms with van der Waals surface area (Å²) in [6.45, 7) is 4.63. The molecule has 0 spiro atoms. The molecule has 4 heteroatoms. The fourth-order valence-electron chi connectivity index (χ4n) is 3.20. The summed E-state index contributed by atoms with van der Waals surface area (Å²) < 4.78 is 6.00. The van der Waals surface area contributed by atoms with Gasteiger partial charge in [0.25, 0.3) is 5.91 Å². The molecule has 0 aromatic heterocycles. The zero-order chi connectivity index (χ0) is 14.7. The second-order valence-electron chi connectivity index (χ2n) is 5.96. The predicted molar refractivity (Wildman–Crippen MR) is 83.8 cm³/mol. The molecule has 1 aromatic carbocycles. The van der Waals surface area contributed by atoms with E-state index in [1.165, 1.54) is 12.0 Å². The van der Waals surface area contributed by atoms with Gasteiger partial charge in [0.15, 0.2) is 6.10 Å². The summed E-state index contributed by atoms with van der Waals surface area (Å²) in [5.74, 6) is 0.980. The van der Waals surface area contributed by atoms with Crippen molar-refractivity contribution in [2.24, 2.45) is 0 Å². The van der Waals surface area contributed by atoms with Crippen molar-refractivity contribution in [3.05, 3.63) is 23.8 Å². The van der Waals surface area contributed by atoms with Crippen LogP contribution in [0.5, 0.6) is 5.75 Å². The average Bonchev–Trinajstić information content (AvgIpc) is 2.55. The summed E-state index contributed by atoms with van der Waals surface area (Å²) in [4.78, 5) is 14.4. The van der Waals surface area contributed by atoms with E-state index in [9.17, 15) is 4.79 Å². The van der Waals surface area contributed by atoms with Gasteiger partial charge in [-0.25, -0.2) is 0 Å². The van der Waals surface area contributed by atoms with Crippen molar-refractivity contribution in [3.63, 3.8) is 0 Å². The Morgan fingerprint density at radius 1 is 1.24 bits per heavy atom. The first-order valence-corrected chi connectivity index (χ1v) is 8.07. The number of anilines is 1. The van der Waals surface area contributed by atoms with Crippen LogP contribution in [0.25, 0.3) is 0 Å². The van der Waals surface area contributed by atoms with Crippen LogP contribution >= 0.6 is 0 Å². The van der Waals surface area contributed by atoms with Gasteiger partial charge in [-0.2, -0.15) is 0 Å². The van der Waals surface area contributed by atoms with Crippen LogP contribution in [0.3, 0.4) is 0 Å². The fourth-order valence-corrected chi connectivity index (χ4v) is 3.20. The van der Waals surface area contributed by atoms with Gasteiger partial charge in [0.1, 0.15) is 5.75 Å². The molecular formula is C17H24N2O2. The van der Waals surface area contributed by atoms with E-state index in [1.54, 1.807) is 0 Å². The third-order valence-electron chi connectivity index (χ3n) is 4.37. The number of carbonyl (C=O) groups excluding carboxylic acids is 1. The Morgan fingerprint density at radius 2 is 2.05 bits per heavy atom. The molecule has 114 valence electrons. The van der Waals surface area contributed by atoms with Gasteiger partial charge < -0.3 is 15.0 Å². The minimum absolute atomic E-state index is 0.121. The van der Waals surface area contributed by atoms with E-state index in [0.29, 0.717) is 0 Å². The van der Waals surface area contributed by atoms with E-state index in [0.717, 1.165) is 56.8 Å². The number of ether oxygens (including phenoxy) is 1. The van der Waals surface area contributed by atoms with Crippen LogP contribution in [0.15, 0.2) is 18.2 Å². The van der Waals surface area contributed by atoms with E-state index < -0.39 is 6.10 Å². The van der Waals surface area contributed by atoms with Crippen molar-refractivity contribution in [2.75, 3.05) is 25.0 Å². The molecule has 21 heavy (non-hydrogen) atoms. The van der Waals surface area contributed by atoms with Crippen molar-refractivity contribution in [1.82, 2.24) is 4.90 Å². The third-order valence-corrected chi connectivity index (χ3v) is 4.37. The van der Waals surface area contributed by atoms with Crippen LogP contribution in [0.2, 0.25) is 0 Å². The molecule has 3 rings (SSSR count). The van der Waals surface area contributed by atoms with Crippen molar-refractivity contribution >= 4 is 11.6 Å². The van der Waals surface area contributed by atoms with E-state index in [1.807, 2.05) is 24.0 Å². The number of benzene rings is 1. The summed E-state index contributed by atoms with van der Waals surface area (Å²) >= 11 is 0. The summed E-state index contributed by atoms with van der Waals surface area (Å²) in [5, 5.41) is 3.39. The molecule has 1 fully saturated rings. The quantitative estimate of drug-likeness (QED) is 0.930. The first kappa shape index (κ1) is 14.2. The maximum Gasteiger partial charge on any atom is 0.263 e. The van der Waals surface area contributed by atoms with E-state index >= 15 is 0 Å². The number of amides is 1. The molecule has 1 amide bonds. The lowest BCUT2D eigenvalue weighted by atomic mass is 10.0. The van der Waals surface area contributed by atoms with Crippen LogP contribution in [0.1, 0.15) is 38.2 Å². The van der Waals surface area contributed by atoms with Crippen molar-refractivity contribution in [1.29, 1.82) is 0 Å². The van der Waals surface area contributed by atoms with Gasteiger partial charge >= 0.3 is 0 Å². The number of nitrogens with one attached hydrogen (secondary N) is 1. The standard InChI is InChI=1S/C17H24N2O2/c1-13(17(20)19-11-3-2-4-12-19)21-16-9-5-8-15-14(16)7-6-10-18-15/h5,8-9,13,18H,2-4,6-7,10-12H2,1H3. The lowest BCUT2D eigenvalue weighted by Crippen LogP contribution is -2.43. The number of hydrogen-bond acceptors (Lipinski definition) is 3. The number of fused-ring (bicyclic) bond motifs is 1. The monoisotopic (exact) mass is 288 g/mol. The van der Waals surface area contributed by atoms with E-state index in [2.05, 4.69) is 11.4 Å². The lowest BCUT2D eigenvalue weighted by Gasteiger charge is -2.30. The van der Waals surface area contributed by atoms with Crippen molar-refractivity contribution in [2.45, 2.75) is 45.1 Å². The third kappa shape index (κ3) is 3.14. The minimum Gasteiger partial charge on any atom is -0.481 e. The van der Waals surface area contributed by atoms with Crippen LogP contribution in [0, 0.1) is 0 Å². The number of nitrogens with zero attached hydrogens (tertiary/aromatic N) is 1. The van der Waals surface area contributed by atoms with Gasteiger partial charge in [0.2, 0.25) is 0 Å². The molecule has 2 heterocycles. The Balaban J connectivity index is 1.69. The fraction of sp³-hybridized carbons (Fsp3) is 0.588. The zero-order valence-corrected chi connectivity index (χ0v) is 12.7. The van der Waals surface area contributed by atoms with Gasteiger partial charge in [-0.1, -0.05) is 6.07 Å². The summed E-state index contributed by atoms with van der Waals surface area (Å²) in [6.07, 6.45) is 5.19. The Morgan fingerprint density at radius 3 is 2.86 bits per heavy atom. The molecule has 0 bridgehead atoms. The topological polar surface area (TPSA) is 41.6 Å². The maximum absolute atomic E-state index is 12.5. The first-order valence-electron chi connectivity index (χ1n) is 8.07. The van der Waals surface area contributed by atoms with Crippen molar-refractivity contribution in [3.8, 4) is 5.75 Å². The molecule has 1 unspecified atom stereocenters.